The summed E-state index contributed by atoms with van der Waals surface area (Å²) in [6.07, 6.45) is 2.60. The molecule has 0 saturated heterocycles. The van der Waals surface area contributed by atoms with Crippen molar-refractivity contribution >= 4 is 0 Å². The molecule has 0 fully saturated rings. The van der Waals surface area contributed by atoms with Gasteiger partial charge in [0.05, 0.1) is 6.26 Å². The first-order valence-corrected chi connectivity index (χ1v) is 5.74. The molecule has 2 aromatic rings. The van der Waals surface area contributed by atoms with Crippen LogP contribution >= 0.6 is 0 Å². The fraction of sp³-hybridized carbons (Fsp3) is 0.286. The first kappa shape index (κ1) is 11.9. The van der Waals surface area contributed by atoms with Gasteiger partial charge in [0.25, 0.3) is 0 Å². The summed E-state index contributed by atoms with van der Waals surface area (Å²) in [5.41, 5.74) is 1.08. The molecule has 1 N–H and O–H groups in total. The Kier molecular flexibility index (Phi) is 3.94. The largest absolute Gasteiger partial charge is 0.469 e. The van der Waals surface area contributed by atoms with Crippen LogP contribution in [0.4, 0.5) is 4.39 Å². The van der Waals surface area contributed by atoms with E-state index in [2.05, 4.69) is 5.32 Å². The van der Waals surface area contributed by atoms with Gasteiger partial charge in [0.15, 0.2) is 0 Å². The van der Waals surface area contributed by atoms with Gasteiger partial charge in [-0.3, -0.25) is 0 Å². The van der Waals surface area contributed by atoms with Crippen LogP contribution in [0.1, 0.15) is 23.7 Å². The van der Waals surface area contributed by atoms with Crippen LogP contribution in [-0.2, 0) is 0 Å². The number of benzene rings is 1. The molecule has 0 aliphatic heterocycles. The van der Waals surface area contributed by atoms with Crippen molar-refractivity contribution in [2.24, 2.45) is 0 Å². The van der Waals surface area contributed by atoms with Gasteiger partial charge < -0.3 is 9.73 Å². The smallest absolute Gasteiger partial charge is 0.123 e. The highest BCUT2D eigenvalue weighted by molar-refractivity contribution is 5.27. The average Bonchev–Trinajstić information content (AvgIpc) is 2.85. The third kappa shape index (κ3) is 2.94. The maximum Gasteiger partial charge on any atom is 0.123 e. The van der Waals surface area contributed by atoms with Crippen LogP contribution < -0.4 is 5.32 Å². The van der Waals surface area contributed by atoms with E-state index in [0.29, 0.717) is 0 Å². The van der Waals surface area contributed by atoms with Gasteiger partial charge in [0.2, 0.25) is 0 Å². The van der Waals surface area contributed by atoms with E-state index in [-0.39, 0.29) is 11.7 Å². The first-order chi connectivity index (χ1) is 8.31. The molecule has 0 aliphatic rings. The summed E-state index contributed by atoms with van der Waals surface area (Å²) in [7, 11) is 1.92. The molecule has 17 heavy (non-hydrogen) atoms. The molecule has 0 saturated carbocycles. The maximum absolute atomic E-state index is 12.9. The van der Waals surface area contributed by atoms with Crippen molar-refractivity contribution in [3.8, 4) is 0 Å². The van der Waals surface area contributed by atoms with Crippen LogP contribution in [0.2, 0.25) is 0 Å². The minimum Gasteiger partial charge on any atom is -0.469 e. The molecule has 0 spiro atoms. The number of hydrogen-bond acceptors (Lipinski definition) is 2. The highest BCUT2D eigenvalue weighted by Crippen LogP contribution is 2.28. The summed E-state index contributed by atoms with van der Waals surface area (Å²) in [6.45, 7) is 0.892. The Balaban J connectivity index is 2.23. The lowest BCUT2D eigenvalue weighted by Gasteiger charge is -2.14. The molecule has 0 bridgehead atoms. The molecule has 1 atom stereocenters. The summed E-state index contributed by atoms with van der Waals surface area (Å²) in [6, 6.07) is 10.5. The van der Waals surface area contributed by atoms with Crippen LogP contribution in [0.25, 0.3) is 0 Å². The molecule has 0 amide bonds. The molecular formula is C14H16FNO. The van der Waals surface area contributed by atoms with E-state index in [1.165, 1.54) is 12.1 Å². The third-order valence-electron chi connectivity index (χ3n) is 2.84. The van der Waals surface area contributed by atoms with E-state index in [1.54, 1.807) is 6.26 Å². The normalized spacial score (nSPS) is 12.6. The van der Waals surface area contributed by atoms with Gasteiger partial charge in [-0.15, -0.1) is 0 Å². The van der Waals surface area contributed by atoms with Crippen molar-refractivity contribution in [2.45, 2.75) is 12.3 Å². The minimum atomic E-state index is -0.208. The zero-order valence-electron chi connectivity index (χ0n) is 9.82. The van der Waals surface area contributed by atoms with Gasteiger partial charge in [-0.05, 0) is 49.8 Å². The summed E-state index contributed by atoms with van der Waals surface area (Å²) < 4.78 is 18.4. The fourth-order valence-electron chi connectivity index (χ4n) is 1.95. The maximum atomic E-state index is 12.9. The van der Waals surface area contributed by atoms with Crippen LogP contribution in [0.5, 0.6) is 0 Å². The number of furan rings is 1. The van der Waals surface area contributed by atoms with Crippen molar-refractivity contribution in [3.63, 3.8) is 0 Å². The van der Waals surface area contributed by atoms with Crippen LogP contribution in [0.15, 0.2) is 47.1 Å². The standard InChI is InChI=1S/C14H16FNO/c1-16-9-8-13(14-3-2-10-17-14)11-4-6-12(15)7-5-11/h2-7,10,13,16H,8-9H2,1H3. The number of halogens is 1. The second-order valence-electron chi connectivity index (χ2n) is 4.01. The van der Waals surface area contributed by atoms with Crippen molar-refractivity contribution in [1.29, 1.82) is 0 Å². The van der Waals surface area contributed by atoms with E-state index in [0.717, 1.165) is 24.3 Å². The molecule has 1 aromatic carbocycles. The first-order valence-electron chi connectivity index (χ1n) is 5.74. The SMILES string of the molecule is CNCCC(c1ccc(F)cc1)c1ccco1. The number of nitrogens with one attached hydrogen (secondary N) is 1. The third-order valence-corrected chi connectivity index (χ3v) is 2.84. The predicted octanol–water partition coefficient (Wildman–Crippen LogP) is 3.16. The van der Waals surface area contributed by atoms with Crippen LogP contribution in [-0.4, -0.2) is 13.6 Å². The number of rotatable bonds is 5. The average molecular weight is 233 g/mol. The second-order valence-corrected chi connectivity index (χ2v) is 4.01. The van der Waals surface area contributed by atoms with Crippen LogP contribution in [0.3, 0.4) is 0 Å². The topological polar surface area (TPSA) is 25.2 Å². The summed E-state index contributed by atoms with van der Waals surface area (Å²) >= 11 is 0. The molecule has 1 aromatic heterocycles. The zero-order valence-corrected chi connectivity index (χ0v) is 9.82. The quantitative estimate of drug-likeness (QED) is 0.858. The van der Waals surface area contributed by atoms with Crippen molar-refractivity contribution in [1.82, 2.24) is 5.32 Å². The molecule has 0 radical (unpaired) electrons. The van der Waals surface area contributed by atoms with Gasteiger partial charge in [0.1, 0.15) is 11.6 Å². The van der Waals surface area contributed by atoms with Gasteiger partial charge in [-0.25, -0.2) is 4.39 Å². The lowest BCUT2D eigenvalue weighted by molar-refractivity contribution is 0.470. The Morgan fingerprint density at radius 3 is 2.59 bits per heavy atom. The Hall–Kier alpha value is -1.61. The Morgan fingerprint density at radius 1 is 1.24 bits per heavy atom. The number of hydrogen-bond donors (Lipinski definition) is 1. The van der Waals surface area contributed by atoms with Crippen molar-refractivity contribution in [3.05, 3.63) is 59.8 Å². The lowest BCUT2D eigenvalue weighted by Crippen LogP contribution is -2.12. The Bertz CT molecular complexity index is 436. The van der Waals surface area contributed by atoms with E-state index < -0.39 is 0 Å². The molecule has 1 heterocycles. The van der Waals surface area contributed by atoms with E-state index in [4.69, 9.17) is 4.42 Å². The van der Waals surface area contributed by atoms with E-state index >= 15 is 0 Å². The van der Waals surface area contributed by atoms with Crippen LogP contribution in [0, 0.1) is 5.82 Å². The highest BCUT2D eigenvalue weighted by Gasteiger charge is 2.16. The Labute approximate surface area is 100 Å². The molecular weight excluding hydrogens is 217 g/mol. The highest BCUT2D eigenvalue weighted by atomic mass is 19.1. The summed E-state index contributed by atoms with van der Waals surface area (Å²) in [5.74, 6) is 0.894. The van der Waals surface area contributed by atoms with Gasteiger partial charge in [-0.2, -0.15) is 0 Å². The Morgan fingerprint density at radius 2 is 2.00 bits per heavy atom. The van der Waals surface area contributed by atoms with E-state index in [1.807, 2.05) is 31.3 Å². The monoisotopic (exact) mass is 233 g/mol. The predicted molar refractivity (Wildman–Crippen MR) is 65.5 cm³/mol. The van der Waals surface area contributed by atoms with Crippen molar-refractivity contribution in [2.75, 3.05) is 13.6 Å². The molecule has 0 aliphatic carbocycles. The zero-order chi connectivity index (χ0) is 12.1. The van der Waals surface area contributed by atoms with E-state index in [9.17, 15) is 4.39 Å². The summed E-state index contributed by atoms with van der Waals surface area (Å²) in [4.78, 5) is 0. The minimum absolute atomic E-state index is 0.179. The molecule has 2 rings (SSSR count). The lowest BCUT2D eigenvalue weighted by atomic mass is 9.93. The molecule has 2 nitrogen and oxygen atoms in total. The molecule has 3 heteroatoms. The summed E-state index contributed by atoms with van der Waals surface area (Å²) in [5, 5.41) is 3.13. The molecule has 1 unspecified atom stereocenters. The van der Waals surface area contributed by atoms with Gasteiger partial charge >= 0.3 is 0 Å². The van der Waals surface area contributed by atoms with Gasteiger partial charge in [0, 0.05) is 5.92 Å². The fourth-order valence-corrected chi connectivity index (χ4v) is 1.95. The molecule has 90 valence electrons. The van der Waals surface area contributed by atoms with Gasteiger partial charge in [-0.1, -0.05) is 12.1 Å². The second kappa shape index (κ2) is 5.64. The van der Waals surface area contributed by atoms with Crippen molar-refractivity contribution < 1.29 is 8.81 Å².